The fraction of sp³-hybridized carbons (Fsp3) is 0.500. The molecule has 0 radical (unpaired) electrons. The number of carbonyl (C=O) groups excluding carboxylic acids is 1. The van der Waals surface area contributed by atoms with Crippen LogP contribution >= 0.6 is 0 Å². The first-order valence-corrected chi connectivity index (χ1v) is 12.1. The number of piperidine rings is 1. The SMILES string of the molecule is CC1(C)CCN(Cc2ccc3nc(Cc4ncc(N5CCCC5)cc4C(N)=O)cn3c2)CC1. The quantitative estimate of drug-likeness (QED) is 0.625. The average molecular weight is 447 g/mol. The molecule has 2 saturated heterocycles. The minimum Gasteiger partial charge on any atom is -0.370 e. The van der Waals surface area contributed by atoms with Gasteiger partial charge in [0, 0.05) is 38.4 Å². The van der Waals surface area contributed by atoms with Crippen molar-refractivity contribution in [3.05, 3.63) is 59.3 Å². The predicted molar refractivity (Wildman–Crippen MR) is 130 cm³/mol. The van der Waals surface area contributed by atoms with E-state index in [0.29, 0.717) is 23.1 Å². The zero-order valence-electron chi connectivity index (χ0n) is 19.8. The topological polar surface area (TPSA) is 79.8 Å². The molecule has 2 aliphatic heterocycles. The van der Waals surface area contributed by atoms with Crippen molar-refractivity contribution >= 4 is 17.2 Å². The molecule has 7 heteroatoms. The van der Waals surface area contributed by atoms with Crippen LogP contribution in [0.15, 0.2) is 36.8 Å². The molecule has 0 aliphatic carbocycles. The number of likely N-dealkylation sites (tertiary alicyclic amines) is 1. The molecule has 5 rings (SSSR count). The molecule has 2 N–H and O–H groups in total. The number of nitrogens with zero attached hydrogens (tertiary/aromatic N) is 5. The van der Waals surface area contributed by atoms with E-state index in [1.54, 1.807) is 0 Å². The largest absolute Gasteiger partial charge is 0.370 e. The number of anilines is 1. The van der Waals surface area contributed by atoms with Gasteiger partial charge in [-0.15, -0.1) is 0 Å². The van der Waals surface area contributed by atoms with Crippen LogP contribution in [0.3, 0.4) is 0 Å². The highest BCUT2D eigenvalue weighted by atomic mass is 16.1. The predicted octanol–water partition coefficient (Wildman–Crippen LogP) is 3.64. The number of nitrogens with two attached hydrogens (primary N) is 1. The van der Waals surface area contributed by atoms with Gasteiger partial charge >= 0.3 is 0 Å². The average Bonchev–Trinajstić information content (AvgIpc) is 3.45. The summed E-state index contributed by atoms with van der Waals surface area (Å²) < 4.78 is 2.08. The number of hydrogen-bond donors (Lipinski definition) is 1. The highest BCUT2D eigenvalue weighted by Crippen LogP contribution is 2.30. The second kappa shape index (κ2) is 8.78. The van der Waals surface area contributed by atoms with Gasteiger partial charge in [0.2, 0.25) is 0 Å². The van der Waals surface area contributed by atoms with Gasteiger partial charge in [-0.2, -0.15) is 0 Å². The molecular formula is C26H34N6O. The minimum absolute atomic E-state index is 0.436. The third-order valence-electron chi connectivity index (χ3n) is 7.22. The summed E-state index contributed by atoms with van der Waals surface area (Å²) >= 11 is 0. The molecule has 5 heterocycles. The van der Waals surface area contributed by atoms with Crippen molar-refractivity contribution in [3.8, 4) is 0 Å². The van der Waals surface area contributed by atoms with Crippen molar-refractivity contribution in [2.45, 2.75) is 52.5 Å². The van der Waals surface area contributed by atoms with Crippen LogP contribution in [0.25, 0.3) is 5.65 Å². The molecule has 2 aliphatic rings. The lowest BCUT2D eigenvalue weighted by Crippen LogP contribution is -2.36. The molecule has 33 heavy (non-hydrogen) atoms. The molecule has 2 fully saturated rings. The summed E-state index contributed by atoms with van der Waals surface area (Å²) in [5, 5.41) is 0. The Morgan fingerprint density at radius 2 is 1.85 bits per heavy atom. The maximum absolute atomic E-state index is 12.2. The smallest absolute Gasteiger partial charge is 0.250 e. The van der Waals surface area contributed by atoms with Crippen molar-refractivity contribution in [1.82, 2.24) is 19.3 Å². The first kappa shape index (κ1) is 21.9. The molecule has 1 amide bonds. The summed E-state index contributed by atoms with van der Waals surface area (Å²) in [4.78, 5) is 26.3. The number of carbonyl (C=O) groups is 1. The maximum Gasteiger partial charge on any atom is 0.250 e. The van der Waals surface area contributed by atoms with Crippen molar-refractivity contribution in [2.75, 3.05) is 31.1 Å². The number of pyridine rings is 2. The van der Waals surface area contributed by atoms with Gasteiger partial charge < -0.3 is 15.0 Å². The van der Waals surface area contributed by atoms with Crippen molar-refractivity contribution < 1.29 is 4.79 Å². The van der Waals surface area contributed by atoms with E-state index in [2.05, 4.69) is 51.4 Å². The Hall–Kier alpha value is -2.93. The van der Waals surface area contributed by atoms with Crippen LogP contribution in [0.4, 0.5) is 5.69 Å². The van der Waals surface area contributed by atoms with Gasteiger partial charge in [0.25, 0.3) is 5.91 Å². The van der Waals surface area contributed by atoms with Crippen molar-refractivity contribution in [1.29, 1.82) is 0 Å². The number of hydrogen-bond acceptors (Lipinski definition) is 5. The summed E-state index contributed by atoms with van der Waals surface area (Å²) in [5.74, 6) is -0.436. The molecule has 7 nitrogen and oxygen atoms in total. The van der Waals surface area contributed by atoms with Crippen LogP contribution in [-0.4, -0.2) is 51.4 Å². The van der Waals surface area contributed by atoms with E-state index in [1.165, 1.54) is 31.2 Å². The van der Waals surface area contributed by atoms with E-state index in [1.807, 2.05) is 18.5 Å². The van der Waals surface area contributed by atoms with E-state index >= 15 is 0 Å². The normalized spacial score (nSPS) is 18.8. The van der Waals surface area contributed by atoms with E-state index in [-0.39, 0.29) is 0 Å². The summed E-state index contributed by atoms with van der Waals surface area (Å²) in [6.45, 7) is 9.99. The van der Waals surface area contributed by atoms with Gasteiger partial charge in [0.05, 0.1) is 28.8 Å². The molecule has 0 spiro atoms. The monoisotopic (exact) mass is 446 g/mol. The van der Waals surface area contributed by atoms with Crippen LogP contribution in [-0.2, 0) is 13.0 Å². The number of imidazole rings is 1. The zero-order chi connectivity index (χ0) is 23.0. The molecule has 3 aromatic rings. The molecule has 0 unspecified atom stereocenters. The third kappa shape index (κ3) is 4.88. The van der Waals surface area contributed by atoms with Gasteiger partial charge in [-0.3, -0.25) is 14.7 Å². The van der Waals surface area contributed by atoms with Crippen molar-refractivity contribution in [3.63, 3.8) is 0 Å². The van der Waals surface area contributed by atoms with Gasteiger partial charge in [0.15, 0.2) is 0 Å². The lowest BCUT2D eigenvalue weighted by atomic mass is 9.82. The van der Waals surface area contributed by atoms with E-state index in [9.17, 15) is 4.79 Å². The lowest BCUT2D eigenvalue weighted by Gasteiger charge is -2.36. The van der Waals surface area contributed by atoms with Crippen molar-refractivity contribution in [2.24, 2.45) is 11.1 Å². The Kier molecular flexibility index (Phi) is 5.83. The van der Waals surface area contributed by atoms with Gasteiger partial charge in [0.1, 0.15) is 5.65 Å². The van der Waals surface area contributed by atoms with Crippen LogP contribution < -0.4 is 10.6 Å². The number of amides is 1. The Morgan fingerprint density at radius 3 is 2.58 bits per heavy atom. The Morgan fingerprint density at radius 1 is 1.09 bits per heavy atom. The molecule has 0 bridgehead atoms. The Labute approximate surface area is 195 Å². The minimum atomic E-state index is -0.436. The zero-order valence-corrected chi connectivity index (χ0v) is 19.8. The highest BCUT2D eigenvalue weighted by Gasteiger charge is 2.25. The fourth-order valence-corrected chi connectivity index (χ4v) is 5.00. The number of rotatable bonds is 6. The van der Waals surface area contributed by atoms with Crippen LogP contribution in [0.5, 0.6) is 0 Å². The molecule has 0 atom stereocenters. The van der Waals surface area contributed by atoms with Gasteiger partial charge in [-0.25, -0.2) is 4.98 Å². The Balaban J connectivity index is 1.32. The highest BCUT2D eigenvalue weighted by molar-refractivity contribution is 5.95. The molecule has 3 aromatic heterocycles. The molecule has 0 saturated carbocycles. The molecule has 0 aromatic carbocycles. The van der Waals surface area contributed by atoms with E-state index < -0.39 is 5.91 Å². The summed E-state index contributed by atoms with van der Waals surface area (Å²) in [6, 6.07) is 6.14. The first-order valence-electron chi connectivity index (χ1n) is 12.1. The number of fused-ring (bicyclic) bond motifs is 1. The van der Waals surface area contributed by atoms with Crippen LogP contribution in [0, 0.1) is 5.41 Å². The second-order valence-electron chi connectivity index (χ2n) is 10.4. The number of aromatic nitrogens is 3. The van der Waals surface area contributed by atoms with Gasteiger partial charge in [-0.05, 0) is 61.9 Å². The van der Waals surface area contributed by atoms with E-state index in [4.69, 9.17) is 10.7 Å². The lowest BCUT2D eigenvalue weighted by molar-refractivity contribution is 0.0999. The second-order valence-corrected chi connectivity index (χ2v) is 10.4. The third-order valence-corrected chi connectivity index (χ3v) is 7.22. The molecule has 174 valence electrons. The maximum atomic E-state index is 12.2. The standard InChI is InChI=1S/C26H34N6O/c1-26(2)7-11-30(12-8-26)16-19-5-6-24-29-20(18-32(24)17-19)13-23-22(25(27)33)14-21(15-28-23)31-9-3-4-10-31/h5-6,14-15,17-18H,3-4,7-13,16H2,1-2H3,(H2,27,33). The molecular weight excluding hydrogens is 412 g/mol. The van der Waals surface area contributed by atoms with Crippen LogP contribution in [0.1, 0.15) is 66.8 Å². The summed E-state index contributed by atoms with van der Waals surface area (Å²) in [5.41, 5.74) is 11.4. The van der Waals surface area contributed by atoms with Gasteiger partial charge in [-0.1, -0.05) is 19.9 Å². The Bertz CT molecular complexity index is 1150. The van der Waals surface area contributed by atoms with Crippen LogP contribution in [0.2, 0.25) is 0 Å². The summed E-state index contributed by atoms with van der Waals surface area (Å²) in [7, 11) is 0. The fourth-order valence-electron chi connectivity index (χ4n) is 5.00. The first-order chi connectivity index (χ1) is 15.9. The number of primary amides is 1. The summed E-state index contributed by atoms with van der Waals surface area (Å²) in [6.07, 6.45) is 11.4. The van der Waals surface area contributed by atoms with E-state index in [0.717, 1.165) is 49.8 Å².